The molecule has 0 radical (unpaired) electrons. The van der Waals surface area contributed by atoms with Crippen LogP contribution < -0.4 is 4.74 Å². The maximum absolute atomic E-state index is 10.4. The van der Waals surface area contributed by atoms with Crippen LogP contribution in [0.1, 0.15) is 31.2 Å². The standard InChI is InChI=1S/C15H17NO3/c17-11-16-15(7-8-15)12-1-3-13(4-2-12)19-14-5-9-18-10-6-14/h1-4,14H,5-10H2. The summed E-state index contributed by atoms with van der Waals surface area (Å²) in [5, 5.41) is 0. The summed E-state index contributed by atoms with van der Waals surface area (Å²) in [6.45, 7) is 1.56. The summed E-state index contributed by atoms with van der Waals surface area (Å²) in [7, 11) is 0. The van der Waals surface area contributed by atoms with E-state index in [0.717, 1.165) is 50.2 Å². The van der Waals surface area contributed by atoms with Crippen LogP contribution in [-0.4, -0.2) is 25.4 Å². The highest BCUT2D eigenvalue weighted by Gasteiger charge is 2.44. The molecule has 2 fully saturated rings. The van der Waals surface area contributed by atoms with Crippen molar-refractivity contribution in [1.82, 2.24) is 0 Å². The summed E-state index contributed by atoms with van der Waals surface area (Å²) >= 11 is 0. The third-order valence-electron chi connectivity index (χ3n) is 3.85. The molecule has 0 N–H and O–H groups in total. The number of rotatable bonds is 4. The van der Waals surface area contributed by atoms with Gasteiger partial charge in [-0.3, -0.25) is 0 Å². The van der Waals surface area contributed by atoms with Crippen molar-refractivity contribution in [2.24, 2.45) is 4.99 Å². The Morgan fingerprint density at radius 2 is 1.89 bits per heavy atom. The minimum absolute atomic E-state index is 0.252. The number of hydrogen-bond acceptors (Lipinski definition) is 4. The largest absolute Gasteiger partial charge is 0.490 e. The molecule has 100 valence electrons. The summed E-state index contributed by atoms with van der Waals surface area (Å²) in [5.41, 5.74) is 0.786. The van der Waals surface area contributed by atoms with Gasteiger partial charge in [-0.05, 0) is 30.5 Å². The Hall–Kier alpha value is -1.64. The predicted octanol–water partition coefficient (Wildman–Crippen LogP) is 2.57. The molecule has 0 amide bonds. The molecule has 0 spiro atoms. The summed E-state index contributed by atoms with van der Waals surface area (Å²) in [5.74, 6) is 0.876. The number of carbonyl (C=O) groups excluding carboxylic acids is 1. The molecule has 1 saturated heterocycles. The molecular weight excluding hydrogens is 242 g/mol. The van der Waals surface area contributed by atoms with Crippen LogP contribution in [0.2, 0.25) is 0 Å². The van der Waals surface area contributed by atoms with Gasteiger partial charge in [0.15, 0.2) is 0 Å². The van der Waals surface area contributed by atoms with Crippen molar-refractivity contribution in [2.45, 2.75) is 37.3 Å². The molecule has 0 unspecified atom stereocenters. The number of isocyanates is 1. The summed E-state index contributed by atoms with van der Waals surface area (Å²) in [6, 6.07) is 7.93. The van der Waals surface area contributed by atoms with Crippen LogP contribution in [0.15, 0.2) is 29.3 Å². The van der Waals surface area contributed by atoms with Crippen LogP contribution in [0.3, 0.4) is 0 Å². The van der Waals surface area contributed by atoms with E-state index < -0.39 is 0 Å². The fourth-order valence-electron chi connectivity index (χ4n) is 2.50. The lowest BCUT2D eigenvalue weighted by Gasteiger charge is -2.23. The molecule has 4 heteroatoms. The average molecular weight is 259 g/mol. The Morgan fingerprint density at radius 1 is 1.21 bits per heavy atom. The third-order valence-corrected chi connectivity index (χ3v) is 3.85. The molecule has 1 aliphatic carbocycles. The van der Waals surface area contributed by atoms with Crippen molar-refractivity contribution < 1.29 is 14.3 Å². The van der Waals surface area contributed by atoms with E-state index in [1.807, 2.05) is 24.3 Å². The van der Waals surface area contributed by atoms with E-state index in [-0.39, 0.29) is 11.6 Å². The molecular formula is C15H17NO3. The molecule has 1 aromatic carbocycles. The van der Waals surface area contributed by atoms with Gasteiger partial charge in [-0.1, -0.05) is 12.1 Å². The number of ether oxygens (including phenoxy) is 2. The van der Waals surface area contributed by atoms with E-state index in [2.05, 4.69) is 4.99 Å². The Labute approximate surface area is 112 Å². The third kappa shape index (κ3) is 2.70. The highest BCUT2D eigenvalue weighted by atomic mass is 16.5. The van der Waals surface area contributed by atoms with Gasteiger partial charge in [0.05, 0.1) is 18.8 Å². The van der Waals surface area contributed by atoms with Gasteiger partial charge in [0, 0.05) is 12.8 Å². The Morgan fingerprint density at radius 3 is 2.47 bits per heavy atom. The summed E-state index contributed by atoms with van der Waals surface area (Å²) < 4.78 is 11.2. The van der Waals surface area contributed by atoms with Gasteiger partial charge in [0.2, 0.25) is 6.08 Å². The lowest BCUT2D eigenvalue weighted by molar-refractivity contribution is 0.0255. The lowest BCUT2D eigenvalue weighted by Crippen LogP contribution is -2.25. The molecule has 4 nitrogen and oxygen atoms in total. The molecule has 3 rings (SSSR count). The Kier molecular flexibility index (Phi) is 3.36. The maximum atomic E-state index is 10.4. The monoisotopic (exact) mass is 259 g/mol. The van der Waals surface area contributed by atoms with Crippen molar-refractivity contribution in [1.29, 1.82) is 0 Å². The maximum Gasteiger partial charge on any atom is 0.235 e. The first-order valence-corrected chi connectivity index (χ1v) is 6.76. The van der Waals surface area contributed by atoms with E-state index in [9.17, 15) is 4.79 Å². The van der Waals surface area contributed by atoms with E-state index in [4.69, 9.17) is 9.47 Å². The zero-order chi connectivity index (χ0) is 13.1. The summed E-state index contributed by atoms with van der Waals surface area (Å²) in [6.07, 6.45) is 5.69. The van der Waals surface area contributed by atoms with E-state index >= 15 is 0 Å². The number of benzene rings is 1. The Bertz CT molecular complexity index is 481. The molecule has 0 bridgehead atoms. The van der Waals surface area contributed by atoms with Crippen LogP contribution in [0.25, 0.3) is 0 Å². The van der Waals surface area contributed by atoms with Crippen LogP contribution in [0, 0.1) is 0 Å². The normalized spacial score (nSPS) is 21.5. The molecule has 1 aromatic rings. The molecule has 2 aliphatic rings. The van der Waals surface area contributed by atoms with E-state index in [1.165, 1.54) is 0 Å². The number of aliphatic imine (C=N–C) groups is 1. The molecule has 0 aromatic heterocycles. The van der Waals surface area contributed by atoms with E-state index in [0.29, 0.717) is 0 Å². The van der Waals surface area contributed by atoms with Gasteiger partial charge in [0.25, 0.3) is 0 Å². The molecule has 19 heavy (non-hydrogen) atoms. The average Bonchev–Trinajstić information content (AvgIpc) is 3.22. The van der Waals surface area contributed by atoms with Crippen LogP contribution in [0.4, 0.5) is 0 Å². The lowest BCUT2D eigenvalue weighted by atomic mass is 10.1. The molecule has 1 aliphatic heterocycles. The zero-order valence-electron chi connectivity index (χ0n) is 10.8. The van der Waals surface area contributed by atoms with Crippen molar-refractivity contribution in [3.63, 3.8) is 0 Å². The fraction of sp³-hybridized carbons (Fsp3) is 0.533. The first-order valence-electron chi connectivity index (χ1n) is 6.76. The summed E-state index contributed by atoms with van der Waals surface area (Å²) in [4.78, 5) is 14.4. The second-order valence-electron chi connectivity index (χ2n) is 5.19. The smallest absolute Gasteiger partial charge is 0.235 e. The van der Waals surface area contributed by atoms with Crippen molar-refractivity contribution >= 4 is 6.08 Å². The van der Waals surface area contributed by atoms with Gasteiger partial charge < -0.3 is 9.47 Å². The first-order chi connectivity index (χ1) is 9.32. The minimum atomic E-state index is -0.293. The molecule has 1 saturated carbocycles. The van der Waals surface area contributed by atoms with Gasteiger partial charge in [-0.25, -0.2) is 4.79 Å². The van der Waals surface area contributed by atoms with Crippen molar-refractivity contribution in [3.05, 3.63) is 29.8 Å². The van der Waals surface area contributed by atoms with Crippen LogP contribution in [-0.2, 0) is 15.1 Å². The second kappa shape index (κ2) is 5.16. The van der Waals surface area contributed by atoms with Gasteiger partial charge >= 0.3 is 0 Å². The molecule has 1 heterocycles. The Balaban J connectivity index is 1.67. The van der Waals surface area contributed by atoms with Crippen LogP contribution >= 0.6 is 0 Å². The molecule has 0 atom stereocenters. The number of nitrogens with zero attached hydrogens (tertiary/aromatic N) is 1. The van der Waals surface area contributed by atoms with Gasteiger partial charge in [-0.2, -0.15) is 4.99 Å². The van der Waals surface area contributed by atoms with Crippen molar-refractivity contribution in [3.8, 4) is 5.75 Å². The second-order valence-corrected chi connectivity index (χ2v) is 5.19. The first kappa shape index (κ1) is 12.4. The number of hydrogen-bond donors (Lipinski definition) is 0. The zero-order valence-corrected chi connectivity index (χ0v) is 10.8. The predicted molar refractivity (Wildman–Crippen MR) is 69.9 cm³/mol. The topological polar surface area (TPSA) is 47.9 Å². The fourth-order valence-corrected chi connectivity index (χ4v) is 2.50. The van der Waals surface area contributed by atoms with Gasteiger partial charge in [0.1, 0.15) is 11.9 Å². The SMILES string of the molecule is O=C=NC1(c2ccc(OC3CCOCC3)cc2)CC1. The quantitative estimate of drug-likeness (QED) is 0.616. The van der Waals surface area contributed by atoms with Gasteiger partial charge in [-0.15, -0.1) is 0 Å². The van der Waals surface area contributed by atoms with Crippen molar-refractivity contribution in [2.75, 3.05) is 13.2 Å². The van der Waals surface area contributed by atoms with Crippen LogP contribution in [0.5, 0.6) is 5.75 Å². The van der Waals surface area contributed by atoms with E-state index in [1.54, 1.807) is 6.08 Å². The highest BCUT2D eigenvalue weighted by molar-refractivity contribution is 5.42. The highest BCUT2D eigenvalue weighted by Crippen LogP contribution is 2.49. The minimum Gasteiger partial charge on any atom is -0.490 e.